The highest BCUT2D eigenvalue weighted by atomic mass is 35.5. The van der Waals surface area contributed by atoms with Gasteiger partial charge in [0.2, 0.25) is 11.8 Å². The van der Waals surface area contributed by atoms with Crippen LogP contribution in [0.1, 0.15) is 30.2 Å². The van der Waals surface area contributed by atoms with Crippen LogP contribution < -0.4 is 16.0 Å². The van der Waals surface area contributed by atoms with Crippen molar-refractivity contribution >= 4 is 40.7 Å². The highest BCUT2D eigenvalue weighted by Crippen LogP contribution is 2.32. The molecule has 1 aliphatic rings. The number of imidazole rings is 1. The first kappa shape index (κ1) is 27.6. The molecule has 5 rings (SSSR count). The molecule has 2 heterocycles. The number of benzene rings is 3. The minimum Gasteiger partial charge on any atom is -0.508 e. The fourth-order valence-electron chi connectivity index (χ4n) is 4.88. The van der Waals surface area contributed by atoms with E-state index in [1.165, 1.54) is 24.7 Å². The number of aromatic hydroxyl groups is 1. The molecule has 1 fully saturated rings. The second-order valence-corrected chi connectivity index (χ2v) is 9.50. The zero-order valence-corrected chi connectivity index (χ0v) is 21.8. The van der Waals surface area contributed by atoms with E-state index in [-0.39, 0.29) is 36.2 Å². The smallest absolute Gasteiger partial charge is 0.249 e. The van der Waals surface area contributed by atoms with Crippen LogP contribution in [0.3, 0.4) is 0 Å². The fraction of sp³-hybridized carbons (Fsp3) is 0.214. The quantitative estimate of drug-likeness (QED) is 0.338. The molecule has 200 valence electrons. The second-order valence-electron chi connectivity index (χ2n) is 9.50. The van der Waals surface area contributed by atoms with E-state index in [2.05, 4.69) is 10.3 Å². The monoisotopic (exact) mass is 548 g/mol. The van der Waals surface area contributed by atoms with Crippen LogP contribution in [0.2, 0.25) is 0 Å². The van der Waals surface area contributed by atoms with Gasteiger partial charge in [-0.3, -0.25) is 9.59 Å². The van der Waals surface area contributed by atoms with Crippen LogP contribution in [0.5, 0.6) is 5.75 Å². The van der Waals surface area contributed by atoms with Gasteiger partial charge < -0.3 is 25.6 Å². The lowest BCUT2D eigenvalue weighted by Gasteiger charge is -2.27. The van der Waals surface area contributed by atoms with Gasteiger partial charge in [-0.2, -0.15) is 5.26 Å². The molecular formula is C28H26ClFN6O3. The molecule has 0 bridgehead atoms. The summed E-state index contributed by atoms with van der Waals surface area (Å²) in [5, 5.41) is 23.4. The fourth-order valence-corrected chi connectivity index (χ4v) is 4.88. The van der Waals surface area contributed by atoms with Gasteiger partial charge in [-0.1, -0.05) is 24.3 Å². The third kappa shape index (κ3) is 5.14. The molecule has 9 nitrogen and oxygen atoms in total. The van der Waals surface area contributed by atoms with Crippen molar-refractivity contribution in [3.8, 4) is 11.8 Å². The van der Waals surface area contributed by atoms with Gasteiger partial charge in [-0.15, -0.1) is 12.4 Å². The number of hydrogen-bond acceptors (Lipinski definition) is 6. The number of nitriles is 1. The second kappa shape index (κ2) is 10.7. The summed E-state index contributed by atoms with van der Waals surface area (Å²) in [5.41, 5.74) is 6.80. The summed E-state index contributed by atoms with van der Waals surface area (Å²) in [4.78, 5) is 31.9. The summed E-state index contributed by atoms with van der Waals surface area (Å²) in [6.45, 7) is 1.94. The van der Waals surface area contributed by atoms with Crippen molar-refractivity contribution < 1.29 is 19.1 Å². The van der Waals surface area contributed by atoms with Crippen molar-refractivity contribution in [2.45, 2.75) is 31.5 Å². The molecule has 0 aliphatic carbocycles. The maximum absolute atomic E-state index is 14.2. The summed E-state index contributed by atoms with van der Waals surface area (Å²) in [6, 6.07) is 15.8. The number of rotatable bonds is 6. The molecule has 2 atom stereocenters. The Morgan fingerprint density at radius 1 is 1.28 bits per heavy atom. The largest absolute Gasteiger partial charge is 0.508 e. The molecule has 11 heteroatoms. The van der Waals surface area contributed by atoms with Crippen molar-refractivity contribution in [3.05, 3.63) is 89.8 Å². The van der Waals surface area contributed by atoms with Crippen LogP contribution in [-0.4, -0.2) is 39.1 Å². The molecule has 2 amide bonds. The molecule has 4 aromatic rings. The normalized spacial score (nSPS) is 16.4. The van der Waals surface area contributed by atoms with Crippen molar-refractivity contribution in [2.24, 2.45) is 5.73 Å². The van der Waals surface area contributed by atoms with Crippen LogP contribution in [-0.2, 0) is 21.7 Å². The Balaban J connectivity index is 0.00000353. The standard InChI is InChI=1S/C28H25FN6O3.ClH/c1-28(31,19-7-5-18(13-30)22(29)11-19)25-14-32-16-34(25)15-26(37)33-23-9-10-35(27(23)38)24-4-2-3-17-6-8-20(36)12-21(17)24;/h2-8,11-12,14,16,23,36H,9-10,15,31H2,1H3,(H,33,37);1H. The number of amides is 2. The maximum Gasteiger partial charge on any atom is 0.249 e. The number of phenolic OH excluding ortho intramolecular Hbond substituents is 1. The van der Waals surface area contributed by atoms with Gasteiger partial charge in [0.15, 0.2) is 0 Å². The van der Waals surface area contributed by atoms with Crippen molar-refractivity contribution in [1.82, 2.24) is 14.9 Å². The van der Waals surface area contributed by atoms with E-state index in [1.807, 2.05) is 18.2 Å². The summed E-state index contributed by atoms with van der Waals surface area (Å²) in [6.07, 6.45) is 3.38. The number of nitrogens with one attached hydrogen (secondary N) is 1. The molecule has 1 saturated heterocycles. The highest BCUT2D eigenvalue weighted by Gasteiger charge is 2.35. The van der Waals surface area contributed by atoms with E-state index in [1.54, 1.807) is 46.7 Å². The number of anilines is 1. The summed E-state index contributed by atoms with van der Waals surface area (Å²) in [5.74, 6) is -1.22. The minimum atomic E-state index is -1.20. The molecule has 2 unspecified atom stereocenters. The maximum atomic E-state index is 14.2. The highest BCUT2D eigenvalue weighted by molar-refractivity contribution is 6.08. The van der Waals surface area contributed by atoms with Crippen LogP contribution in [0, 0.1) is 17.1 Å². The number of fused-ring (bicyclic) bond motifs is 1. The van der Waals surface area contributed by atoms with Crippen molar-refractivity contribution in [1.29, 1.82) is 5.26 Å². The number of carbonyl (C=O) groups excluding carboxylic acids is 2. The predicted molar refractivity (Wildman–Crippen MR) is 146 cm³/mol. The Morgan fingerprint density at radius 2 is 2.08 bits per heavy atom. The summed E-state index contributed by atoms with van der Waals surface area (Å²) >= 11 is 0. The number of carbonyl (C=O) groups is 2. The number of aromatic nitrogens is 2. The van der Waals surface area contributed by atoms with Gasteiger partial charge in [0.25, 0.3) is 0 Å². The number of nitrogens with two attached hydrogens (primary N) is 1. The number of halogens is 2. The Hall–Kier alpha value is -4.46. The topological polar surface area (TPSA) is 137 Å². The van der Waals surface area contributed by atoms with Gasteiger partial charge in [-0.25, -0.2) is 9.37 Å². The van der Waals surface area contributed by atoms with E-state index < -0.39 is 23.3 Å². The van der Waals surface area contributed by atoms with E-state index in [9.17, 15) is 19.1 Å². The molecule has 0 saturated carbocycles. The molecule has 39 heavy (non-hydrogen) atoms. The first-order valence-electron chi connectivity index (χ1n) is 12.0. The average molecular weight is 549 g/mol. The molecule has 4 N–H and O–H groups in total. The van der Waals surface area contributed by atoms with Crippen molar-refractivity contribution in [3.63, 3.8) is 0 Å². The molecule has 0 radical (unpaired) electrons. The zero-order valence-electron chi connectivity index (χ0n) is 21.0. The van der Waals surface area contributed by atoms with Crippen LogP contribution in [0.25, 0.3) is 10.8 Å². The molecule has 1 aromatic heterocycles. The molecule has 3 aromatic carbocycles. The van der Waals surface area contributed by atoms with Crippen LogP contribution >= 0.6 is 12.4 Å². The Bertz CT molecular complexity index is 1610. The number of hydrogen-bond donors (Lipinski definition) is 3. The lowest BCUT2D eigenvalue weighted by atomic mass is 9.89. The van der Waals surface area contributed by atoms with E-state index in [4.69, 9.17) is 11.0 Å². The Kier molecular flexibility index (Phi) is 7.58. The molecular weight excluding hydrogens is 523 g/mol. The average Bonchev–Trinajstić information content (AvgIpc) is 3.50. The first-order valence-corrected chi connectivity index (χ1v) is 12.0. The number of nitrogens with zero attached hydrogens (tertiary/aromatic N) is 4. The van der Waals surface area contributed by atoms with Gasteiger partial charge in [0.1, 0.15) is 30.2 Å². The SMILES string of the molecule is CC(N)(c1ccc(C#N)c(F)c1)c1cncn1CC(=O)NC1CCN(c2cccc3ccc(O)cc23)C1=O.Cl. The van der Waals surface area contributed by atoms with Gasteiger partial charge in [0, 0.05) is 11.9 Å². The van der Waals surface area contributed by atoms with E-state index in [0.717, 1.165) is 10.8 Å². The minimum absolute atomic E-state index is 0. The summed E-state index contributed by atoms with van der Waals surface area (Å²) in [7, 11) is 0. The predicted octanol–water partition coefficient (Wildman–Crippen LogP) is 3.32. The van der Waals surface area contributed by atoms with E-state index >= 15 is 0 Å². The molecule has 0 spiro atoms. The zero-order chi connectivity index (χ0) is 27.0. The Labute approximate surface area is 230 Å². The third-order valence-corrected chi connectivity index (χ3v) is 6.92. The first-order chi connectivity index (χ1) is 18.2. The van der Waals surface area contributed by atoms with Gasteiger partial charge >= 0.3 is 0 Å². The third-order valence-electron chi connectivity index (χ3n) is 6.92. The lowest BCUT2D eigenvalue weighted by molar-refractivity contribution is -0.126. The van der Waals surface area contributed by atoms with Crippen LogP contribution in [0.4, 0.5) is 10.1 Å². The van der Waals surface area contributed by atoms with E-state index in [0.29, 0.717) is 29.9 Å². The van der Waals surface area contributed by atoms with Gasteiger partial charge in [0.05, 0.1) is 35.0 Å². The van der Waals surface area contributed by atoms with Crippen LogP contribution in [0.15, 0.2) is 67.1 Å². The molecule has 1 aliphatic heterocycles. The number of phenols is 1. The van der Waals surface area contributed by atoms with Crippen molar-refractivity contribution in [2.75, 3.05) is 11.4 Å². The Morgan fingerprint density at radius 3 is 2.82 bits per heavy atom. The summed E-state index contributed by atoms with van der Waals surface area (Å²) < 4.78 is 15.8. The lowest BCUT2D eigenvalue weighted by Crippen LogP contribution is -2.43. The van der Waals surface area contributed by atoms with Gasteiger partial charge in [-0.05, 0) is 54.6 Å².